The molecule has 6 N–H and O–H groups in total. The van der Waals surface area contributed by atoms with E-state index in [0.29, 0.717) is 6.42 Å². The van der Waals surface area contributed by atoms with Crippen LogP contribution in [0.15, 0.2) is 122 Å². The second-order valence-electron chi connectivity index (χ2n) is 22.5. The van der Waals surface area contributed by atoms with Crippen molar-refractivity contribution in [3.63, 3.8) is 0 Å². The summed E-state index contributed by atoms with van der Waals surface area (Å²) < 4.78 is 11.3. The minimum atomic E-state index is -1.58. The standard InChI is InChI=1S/C72H123NO8/c1-3-5-7-9-11-13-15-17-19-21-23-25-26-27-28-29-30-31-32-33-34-35-36-37-38-39-40-42-44-46-48-50-52-54-56-58-60-62-68(76)73-65(64-80-72-71(79)70(78)69(77)67(63-74)81-72)66(75)61-59-57-55-53-51-49-47-45-43-41-24-22-20-18-16-14-12-10-8-6-4-2/h5,7,11,13,17,19,23,25,27-28,30-31,33-34,36-37,51,53,59,61,65-67,69-72,74-75,77-79H,3-4,6,8-10,12,14-16,18,20-22,24,26,29,32,35,38-50,52,54-58,60,62-64H2,1-2H3,(H,73,76)/b7-5-,13-11-,19-17-,25-23-,28-27-,31-30-,34-33-,37-36-,53-51+,61-59+. The molecule has 0 aromatic heterocycles. The second-order valence-corrected chi connectivity index (χ2v) is 22.5. The van der Waals surface area contributed by atoms with Crippen molar-refractivity contribution < 1.29 is 39.8 Å². The summed E-state index contributed by atoms with van der Waals surface area (Å²) in [5.74, 6) is -0.192. The lowest BCUT2D eigenvalue weighted by molar-refractivity contribution is -0.302. The molecule has 1 aliphatic heterocycles. The quantitative estimate of drug-likeness (QED) is 0.0261. The molecule has 81 heavy (non-hydrogen) atoms. The lowest BCUT2D eigenvalue weighted by atomic mass is 9.99. The molecule has 1 aliphatic rings. The fourth-order valence-electron chi connectivity index (χ4n) is 9.84. The van der Waals surface area contributed by atoms with Crippen molar-refractivity contribution >= 4 is 5.91 Å². The topological polar surface area (TPSA) is 149 Å². The van der Waals surface area contributed by atoms with Crippen LogP contribution in [0.4, 0.5) is 0 Å². The molecule has 0 aromatic rings. The van der Waals surface area contributed by atoms with Crippen LogP contribution in [-0.4, -0.2) is 87.5 Å². The number of carbonyl (C=O) groups excluding carboxylic acids is 1. The van der Waals surface area contributed by atoms with Gasteiger partial charge in [-0.2, -0.15) is 0 Å². The Morgan fingerprint density at radius 3 is 1.19 bits per heavy atom. The first-order chi connectivity index (χ1) is 39.8. The van der Waals surface area contributed by atoms with Gasteiger partial charge in [0.25, 0.3) is 0 Å². The summed E-state index contributed by atoms with van der Waals surface area (Å²) in [6.45, 7) is 3.66. The normalized spacial score (nSPS) is 19.2. The van der Waals surface area contributed by atoms with Crippen LogP contribution in [0.3, 0.4) is 0 Å². The molecule has 9 nitrogen and oxygen atoms in total. The Bertz CT molecular complexity index is 1690. The fraction of sp³-hybridized carbons (Fsp3) is 0.708. The molecule has 1 rings (SSSR count). The van der Waals surface area contributed by atoms with Gasteiger partial charge in [0.15, 0.2) is 6.29 Å². The first-order valence-corrected chi connectivity index (χ1v) is 33.3. The van der Waals surface area contributed by atoms with Gasteiger partial charge in [-0.3, -0.25) is 4.79 Å². The highest BCUT2D eigenvalue weighted by Gasteiger charge is 2.44. The van der Waals surface area contributed by atoms with Crippen molar-refractivity contribution in [1.29, 1.82) is 0 Å². The van der Waals surface area contributed by atoms with E-state index in [1.165, 1.54) is 161 Å². The van der Waals surface area contributed by atoms with Gasteiger partial charge in [-0.15, -0.1) is 0 Å². The molecule has 1 heterocycles. The smallest absolute Gasteiger partial charge is 0.220 e. The van der Waals surface area contributed by atoms with Crippen LogP contribution in [0.1, 0.15) is 271 Å². The van der Waals surface area contributed by atoms with Gasteiger partial charge in [0.05, 0.1) is 25.4 Å². The van der Waals surface area contributed by atoms with Crippen molar-refractivity contribution in [3.8, 4) is 0 Å². The highest BCUT2D eigenvalue weighted by Crippen LogP contribution is 2.23. The number of rotatable bonds is 56. The second kappa shape index (κ2) is 59.7. The molecule has 7 atom stereocenters. The molecule has 7 unspecified atom stereocenters. The third kappa shape index (κ3) is 48.6. The first-order valence-electron chi connectivity index (χ1n) is 33.3. The number of hydrogen-bond acceptors (Lipinski definition) is 8. The van der Waals surface area contributed by atoms with E-state index in [9.17, 15) is 30.3 Å². The molecule has 464 valence electrons. The summed E-state index contributed by atoms with van der Waals surface area (Å²) in [7, 11) is 0. The van der Waals surface area contributed by atoms with Crippen LogP contribution in [0.2, 0.25) is 0 Å². The molecular weight excluding hydrogens is 1010 g/mol. The Hall–Kier alpha value is -3.41. The largest absolute Gasteiger partial charge is 0.394 e. The summed E-state index contributed by atoms with van der Waals surface area (Å²) in [4.78, 5) is 13.1. The Kier molecular flexibility index (Phi) is 55.8. The van der Waals surface area contributed by atoms with E-state index < -0.39 is 49.5 Å². The third-order valence-corrected chi connectivity index (χ3v) is 15.0. The van der Waals surface area contributed by atoms with Crippen LogP contribution in [0.5, 0.6) is 0 Å². The van der Waals surface area contributed by atoms with E-state index in [-0.39, 0.29) is 12.5 Å². The van der Waals surface area contributed by atoms with Gasteiger partial charge in [-0.05, 0) is 96.3 Å². The zero-order valence-corrected chi connectivity index (χ0v) is 51.7. The van der Waals surface area contributed by atoms with E-state index in [0.717, 1.165) is 89.9 Å². The monoisotopic (exact) mass is 1130 g/mol. The number of unbranched alkanes of at least 4 members (excludes halogenated alkanes) is 28. The van der Waals surface area contributed by atoms with Gasteiger partial charge in [-0.1, -0.05) is 289 Å². The summed E-state index contributed by atoms with van der Waals surface area (Å²) >= 11 is 0. The number of aliphatic hydroxyl groups excluding tert-OH is 5. The van der Waals surface area contributed by atoms with Crippen molar-refractivity contribution in [1.82, 2.24) is 5.32 Å². The third-order valence-electron chi connectivity index (χ3n) is 15.0. The highest BCUT2D eigenvalue weighted by atomic mass is 16.7. The molecule has 0 radical (unpaired) electrons. The van der Waals surface area contributed by atoms with Crippen LogP contribution in [0.25, 0.3) is 0 Å². The molecule has 0 bridgehead atoms. The molecular formula is C72H123NO8. The number of amides is 1. The average Bonchev–Trinajstić information content (AvgIpc) is 3.49. The number of allylic oxidation sites excluding steroid dienone is 19. The SMILES string of the molecule is CC/C=C\C/C=C\C/C=C\C/C=C\C/C=C\C/C=C\C/C=C\C/C=C\CCCCCCCCCCCCCCC(=O)NC(COC1OC(CO)C(O)C(O)C1O)C(O)/C=C/CC/C=C/CCCCCCCCCCCCCCCCC. The molecule has 1 amide bonds. The number of hydrogen-bond donors (Lipinski definition) is 6. The number of ether oxygens (including phenoxy) is 2. The Labute approximate surface area is 497 Å². The summed E-state index contributed by atoms with van der Waals surface area (Å²) in [6.07, 6.45) is 82.8. The van der Waals surface area contributed by atoms with Gasteiger partial charge >= 0.3 is 0 Å². The average molecular weight is 1130 g/mol. The Morgan fingerprint density at radius 1 is 0.432 bits per heavy atom. The zero-order valence-electron chi connectivity index (χ0n) is 51.7. The van der Waals surface area contributed by atoms with Gasteiger partial charge in [-0.25, -0.2) is 0 Å². The van der Waals surface area contributed by atoms with Gasteiger partial charge in [0.2, 0.25) is 5.91 Å². The summed E-state index contributed by atoms with van der Waals surface area (Å²) in [6, 6.07) is -0.831. The lowest BCUT2D eigenvalue weighted by Gasteiger charge is -2.40. The van der Waals surface area contributed by atoms with E-state index in [4.69, 9.17) is 9.47 Å². The number of carbonyl (C=O) groups is 1. The highest BCUT2D eigenvalue weighted by molar-refractivity contribution is 5.76. The van der Waals surface area contributed by atoms with Gasteiger partial charge in [0.1, 0.15) is 24.4 Å². The minimum Gasteiger partial charge on any atom is -0.394 e. The van der Waals surface area contributed by atoms with Gasteiger partial charge < -0.3 is 40.3 Å². The van der Waals surface area contributed by atoms with Crippen molar-refractivity contribution in [3.05, 3.63) is 122 Å². The number of aliphatic hydroxyl groups is 5. The lowest BCUT2D eigenvalue weighted by Crippen LogP contribution is -2.60. The minimum absolute atomic E-state index is 0.192. The van der Waals surface area contributed by atoms with Crippen LogP contribution < -0.4 is 5.32 Å². The maximum absolute atomic E-state index is 13.1. The van der Waals surface area contributed by atoms with Gasteiger partial charge in [0, 0.05) is 6.42 Å². The van der Waals surface area contributed by atoms with Crippen LogP contribution in [0, 0.1) is 0 Å². The molecule has 9 heteroatoms. The molecule has 0 saturated carbocycles. The van der Waals surface area contributed by atoms with Crippen LogP contribution >= 0.6 is 0 Å². The molecule has 0 spiro atoms. The van der Waals surface area contributed by atoms with Crippen LogP contribution in [-0.2, 0) is 14.3 Å². The first kappa shape index (κ1) is 75.6. The van der Waals surface area contributed by atoms with E-state index >= 15 is 0 Å². The predicted molar refractivity (Wildman–Crippen MR) is 345 cm³/mol. The van der Waals surface area contributed by atoms with E-state index in [1.807, 2.05) is 6.08 Å². The predicted octanol–water partition coefficient (Wildman–Crippen LogP) is 17.9. The zero-order chi connectivity index (χ0) is 58.6. The maximum Gasteiger partial charge on any atom is 0.220 e. The fourth-order valence-corrected chi connectivity index (χ4v) is 9.84. The summed E-state index contributed by atoms with van der Waals surface area (Å²) in [5.41, 5.74) is 0. The Balaban J connectivity index is 2.17. The van der Waals surface area contributed by atoms with Crippen molar-refractivity contribution in [2.45, 2.75) is 314 Å². The van der Waals surface area contributed by atoms with Crippen molar-refractivity contribution in [2.75, 3.05) is 13.2 Å². The van der Waals surface area contributed by atoms with E-state index in [1.54, 1.807) is 6.08 Å². The molecule has 0 aliphatic carbocycles. The summed E-state index contributed by atoms with van der Waals surface area (Å²) in [5, 5.41) is 54.6. The maximum atomic E-state index is 13.1. The number of nitrogens with one attached hydrogen (secondary N) is 1. The Morgan fingerprint density at radius 2 is 0.778 bits per heavy atom. The molecule has 1 fully saturated rings. The molecule has 1 saturated heterocycles. The van der Waals surface area contributed by atoms with Crippen molar-refractivity contribution in [2.24, 2.45) is 0 Å². The van der Waals surface area contributed by atoms with E-state index in [2.05, 4.69) is 129 Å². The molecule has 0 aromatic carbocycles.